The molecule has 0 aliphatic rings. The molecule has 1 aromatic heterocycles. The van der Waals surface area contributed by atoms with Crippen molar-refractivity contribution in [2.45, 2.75) is 50.3 Å². The van der Waals surface area contributed by atoms with Gasteiger partial charge in [-0.25, -0.2) is 12.8 Å². The molecule has 0 fully saturated rings. The Bertz CT molecular complexity index is 1170. The lowest BCUT2D eigenvalue weighted by molar-refractivity contribution is -0.137. The molecule has 8 heteroatoms. The summed E-state index contributed by atoms with van der Waals surface area (Å²) in [7, 11) is -3.84. The first kappa shape index (κ1) is 23.9. The summed E-state index contributed by atoms with van der Waals surface area (Å²) in [5.41, 5.74) is 2.11. The lowest BCUT2D eigenvalue weighted by Gasteiger charge is -2.13. The Labute approximate surface area is 192 Å². The normalized spacial score (nSPS) is 11.4. The van der Waals surface area contributed by atoms with Crippen LogP contribution in [0, 0.1) is 12.7 Å². The van der Waals surface area contributed by atoms with Gasteiger partial charge in [0, 0.05) is 16.9 Å². The SMILES string of the molecule is Cc1cc(F)c(-c2cccs2)cc1NS(=O)(=O)c1cccc(CCCCCCC(=O)O)c1. The van der Waals surface area contributed by atoms with Crippen molar-refractivity contribution in [3.8, 4) is 10.4 Å². The molecule has 0 saturated heterocycles. The Morgan fingerprint density at radius 1 is 1.06 bits per heavy atom. The summed E-state index contributed by atoms with van der Waals surface area (Å²) in [4.78, 5) is 11.4. The Kier molecular flexibility index (Phi) is 8.04. The second-order valence-corrected chi connectivity index (χ2v) is 10.3. The number of hydrogen-bond acceptors (Lipinski definition) is 4. The zero-order valence-corrected chi connectivity index (χ0v) is 19.4. The molecule has 3 rings (SSSR count). The van der Waals surface area contributed by atoms with Crippen molar-refractivity contribution in [1.82, 2.24) is 0 Å². The van der Waals surface area contributed by atoms with Crippen LogP contribution in [-0.4, -0.2) is 19.5 Å². The van der Waals surface area contributed by atoms with Crippen LogP contribution in [0.25, 0.3) is 10.4 Å². The maximum atomic E-state index is 14.4. The molecule has 0 spiro atoms. The maximum Gasteiger partial charge on any atom is 0.303 e. The molecule has 0 aliphatic carbocycles. The zero-order valence-electron chi connectivity index (χ0n) is 17.8. The lowest BCUT2D eigenvalue weighted by atomic mass is 10.1. The highest BCUT2D eigenvalue weighted by Crippen LogP contribution is 2.32. The Morgan fingerprint density at radius 2 is 1.84 bits per heavy atom. The number of rotatable bonds is 11. The number of carbonyl (C=O) groups is 1. The molecule has 0 bridgehead atoms. The number of benzene rings is 2. The summed E-state index contributed by atoms with van der Waals surface area (Å²) < 4.78 is 43.1. The van der Waals surface area contributed by atoms with Crippen LogP contribution in [0.2, 0.25) is 0 Å². The van der Waals surface area contributed by atoms with Gasteiger partial charge in [-0.05, 0) is 73.0 Å². The molecule has 1 heterocycles. The van der Waals surface area contributed by atoms with Gasteiger partial charge in [-0.2, -0.15) is 0 Å². The Hall–Kier alpha value is -2.71. The van der Waals surface area contributed by atoms with Crippen LogP contribution in [0.1, 0.15) is 43.2 Å². The van der Waals surface area contributed by atoms with Gasteiger partial charge in [0.2, 0.25) is 0 Å². The molecule has 2 N–H and O–H groups in total. The molecule has 32 heavy (non-hydrogen) atoms. The van der Waals surface area contributed by atoms with E-state index in [-0.39, 0.29) is 11.3 Å². The number of unbranched alkanes of at least 4 members (excludes halogenated alkanes) is 3. The van der Waals surface area contributed by atoms with E-state index in [1.54, 1.807) is 25.1 Å². The molecule has 0 amide bonds. The van der Waals surface area contributed by atoms with Gasteiger partial charge in [0.25, 0.3) is 10.0 Å². The van der Waals surface area contributed by atoms with Crippen LogP contribution in [0.3, 0.4) is 0 Å². The predicted molar refractivity (Wildman–Crippen MR) is 126 cm³/mol. The summed E-state index contributed by atoms with van der Waals surface area (Å²) in [6.07, 6.45) is 4.13. The fourth-order valence-corrected chi connectivity index (χ4v) is 5.37. The minimum absolute atomic E-state index is 0.155. The van der Waals surface area contributed by atoms with E-state index in [2.05, 4.69) is 4.72 Å². The van der Waals surface area contributed by atoms with E-state index < -0.39 is 21.8 Å². The third-order valence-electron chi connectivity index (χ3n) is 5.16. The first-order valence-electron chi connectivity index (χ1n) is 10.4. The fourth-order valence-electron chi connectivity index (χ4n) is 3.43. The average Bonchev–Trinajstić information content (AvgIpc) is 3.27. The van der Waals surface area contributed by atoms with Crippen molar-refractivity contribution >= 4 is 33.0 Å². The first-order chi connectivity index (χ1) is 15.3. The summed E-state index contributed by atoms with van der Waals surface area (Å²) in [6, 6.07) is 13.3. The molecule has 170 valence electrons. The zero-order chi connectivity index (χ0) is 23.1. The van der Waals surface area contributed by atoms with Crippen LogP contribution in [0.15, 0.2) is 58.8 Å². The van der Waals surface area contributed by atoms with E-state index in [4.69, 9.17) is 5.11 Å². The minimum Gasteiger partial charge on any atom is -0.481 e. The van der Waals surface area contributed by atoms with E-state index in [1.165, 1.54) is 29.5 Å². The van der Waals surface area contributed by atoms with Crippen LogP contribution < -0.4 is 4.72 Å². The topological polar surface area (TPSA) is 83.5 Å². The highest BCUT2D eigenvalue weighted by molar-refractivity contribution is 7.92. The van der Waals surface area contributed by atoms with E-state index in [9.17, 15) is 17.6 Å². The minimum atomic E-state index is -3.84. The number of nitrogens with one attached hydrogen (secondary N) is 1. The summed E-state index contributed by atoms with van der Waals surface area (Å²) in [5, 5.41) is 10.5. The summed E-state index contributed by atoms with van der Waals surface area (Å²) in [5.74, 6) is -1.17. The second kappa shape index (κ2) is 10.7. The molecule has 3 aromatic rings. The fraction of sp³-hybridized carbons (Fsp3) is 0.292. The maximum absolute atomic E-state index is 14.4. The van der Waals surface area contributed by atoms with Gasteiger partial charge < -0.3 is 5.11 Å². The molecular weight excluding hydrogens is 449 g/mol. The van der Waals surface area contributed by atoms with E-state index in [0.29, 0.717) is 29.7 Å². The predicted octanol–water partition coefficient (Wildman–Crippen LogP) is 6.24. The monoisotopic (exact) mass is 475 g/mol. The van der Waals surface area contributed by atoms with Crippen LogP contribution in [0.4, 0.5) is 10.1 Å². The third-order valence-corrected chi connectivity index (χ3v) is 7.43. The highest BCUT2D eigenvalue weighted by Gasteiger charge is 2.18. The quantitative estimate of drug-likeness (QED) is 0.322. The second-order valence-electron chi connectivity index (χ2n) is 7.69. The number of aliphatic carboxylic acids is 1. The molecule has 0 atom stereocenters. The smallest absolute Gasteiger partial charge is 0.303 e. The van der Waals surface area contributed by atoms with Crippen molar-refractivity contribution < 1.29 is 22.7 Å². The highest BCUT2D eigenvalue weighted by atomic mass is 32.2. The van der Waals surface area contributed by atoms with Gasteiger partial charge in [0.05, 0.1) is 10.6 Å². The number of sulfonamides is 1. The molecule has 2 aromatic carbocycles. The number of anilines is 1. The number of carboxylic acids is 1. The average molecular weight is 476 g/mol. The number of aryl methyl sites for hydroxylation is 2. The number of halogens is 1. The van der Waals surface area contributed by atoms with E-state index in [1.807, 2.05) is 17.5 Å². The van der Waals surface area contributed by atoms with Crippen molar-refractivity contribution in [1.29, 1.82) is 0 Å². The van der Waals surface area contributed by atoms with Gasteiger partial charge in [-0.3, -0.25) is 9.52 Å². The molecule has 0 aliphatic heterocycles. The summed E-state index contributed by atoms with van der Waals surface area (Å²) in [6.45, 7) is 1.67. The van der Waals surface area contributed by atoms with Crippen LogP contribution >= 0.6 is 11.3 Å². The van der Waals surface area contributed by atoms with Gasteiger partial charge in [-0.15, -0.1) is 11.3 Å². The lowest BCUT2D eigenvalue weighted by Crippen LogP contribution is -2.14. The standard InChI is InChI=1S/C24H26FNO4S2/c1-17-14-21(25)20(23-11-7-13-31-23)16-22(17)26-32(29,30)19-10-6-9-18(15-19)8-4-2-3-5-12-24(27)28/h6-7,9-11,13-16,26H,2-5,8,12H2,1H3,(H,27,28). The van der Waals surface area contributed by atoms with Crippen molar-refractivity contribution in [3.05, 3.63) is 70.9 Å². The molecule has 5 nitrogen and oxygen atoms in total. The molecule has 0 saturated carbocycles. The molecule has 0 unspecified atom stereocenters. The van der Waals surface area contributed by atoms with E-state index in [0.717, 1.165) is 29.7 Å². The van der Waals surface area contributed by atoms with Crippen molar-refractivity contribution in [2.75, 3.05) is 4.72 Å². The summed E-state index contributed by atoms with van der Waals surface area (Å²) >= 11 is 1.39. The van der Waals surface area contributed by atoms with Crippen molar-refractivity contribution in [3.63, 3.8) is 0 Å². The number of thiophene rings is 1. The van der Waals surface area contributed by atoms with Crippen molar-refractivity contribution in [2.24, 2.45) is 0 Å². The Balaban J connectivity index is 1.70. The van der Waals surface area contributed by atoms with Crippen LogP contribution in [-0.2, 0) is 21.2 Å². The van der Waals surface area contributed by atoms with Gasteiger partial charge >= 0.3 is 5.97 Å². The third kappa shape index (κ3) is 6.40. The van der Waals surface area contributed by atoms with E-state index >= 15 is 0 Å². The number of hydrogen-bond donors (Lipinski definition) is 2. The largest absolute Gasteiger partial charge is 0.481 e. The first-order valence-corrected chi connectivity index (χ1v) is 12.8. The number of carboxylic acid groups (broad SMARTS) is 1. The van der Waals surface area contributed by atoms with Gasteiger partial charge in [0.15, 0.2) is 0 Å². The van der Waals surface area contributed by atoms with Gasteiger partial charge in [-0.1, -0.05) is 31.0 Å². The Morgan fingerprint density at radius 3 is 2.56 bits per heavy atom. The molecule has 0 radical (unpaired) electrons. The van der Waals surface area contributed by atoms with Crippen LogP contribution in [0.5, 0.6) is 0 Å². The molecular formula is C24H26FNO4S2. The van der Waals surface area contributed by atoms with Gasteiger partial charge in [0.1, 0.15) is 5.82 Å².